The van der Waals surface area contributed by atoms with Crippen molar-refractivity contribution in [2.45, 2.75) is 38.4 Å². The van der Waals surface area contributed by atoms with Crippen molar-refractivity contribution in [1.82, 2.24) is 5.32 Å². The minimum atomic E-state index is -0.811. The van der Waals surface area contributed by atoms with E-state index in [9.17, 15) is 9.59 Å². The van der Waals surface area contributed by atoms with E-state index in [1.807, 2.05) is 0 Å². The highest BCUT2D eigenvalue weighted by Gasteiger charge is 2.24. The molecule has 0 unspecified atom stereocenters. The Morgan fingerprint density at radius 3 is 3.00 bits per heavy atom. The van der Waals surface area contributed by atoms with E-state index in [1.165, 1.54) is 12.3 Å². The molecule has 110 valence electrons. The molecule has 1 aromatic rings. The standard InChI is InChI=1S/C14H19NO5/c1-2-11(20-14(17)12-6-4-8-19-12)13(16)15-9-10-5-3-7-18-10/h4,6,8,10-11H,2-3,5,7,9H2,1H3,(H,15,16)/t10-,11+/m0/s1. The highest BCUT2D eigenvalue weighted by molar-refractivity contribution is 5.90. The summed E-state index contributed by atoms with van der Waals surface area (Å²) in [5, 5.41) is 2.75. The van der Waals surface area contributed by atoms with Gasteiger partial charge in [-0.2, -0.15) is 0 Å². The summed E-state index contributed by atoms with van der Waals surface area (Å²) in [4.78, 5) is 23.7. The summed E-state index contributed by atoms with van der Waals surface area (Å²) in [5.74, 6) is -0.840. The number of hydrogen-bond acceptors (Lipinski definition) is 5. The number of carbonyl (C=O) groups is 2. The van der Waals surface area contributed by atoms with Crippen LogP contribution < -0.4 is 5.32 Å². The Morgan fingerprint density at radius 2 is 2.40 bits per heavy atom. The van der Waals surface area contributed by atoms with Crippen LogP contribution >= 0.6 is 0 Å². The zero-order valence-corrected chi connectivity index (χ0v) is 11.5. The van der Waals surface area contributed by atoms with Gasteiger partial charge in [0.25, 0.3) is 5.91 Å². The first-order valence-electron chi connectivity index (χ1n) is 6.84. The van der Waals surface area contributed by atoms with Crippen LogP contribution in [0.1, 0.15) is 36.7 Å². The van der Waals surface area contributed by atoms with Gasteiger partial charge in [-0.15, -0.1) is 0 Å². The molecular weight excluding hydrogens is 262 g/mol. The van der Waals surface area contributed by atoms with Crippen LogP contribution in [0.5, 0.6) is 0 Å². The van der Waals surface area contributed by atoms with Gasteiger partial charge in [0.1, 0.15) is 0 Å². The lowest BCUT2D eigenvalue weighted by atomic mass is 10.2. The van der Waals surface area contributed by atoms with E-state index in [2.05, 4.69) is 5.32 Å². The quantitative estimate of drug-likeness (QED) is 0.800. The number of ether oxygens (including phenoxy) is 2. The Labute approximate surface area is 117 Å². The van der Waals surface area contributed by atoms with Gasteiger partial charge in [0.2, 0.25) is 5.76 Å². The molecular formula is C14H19NO5. The fourth-order valence-corrected chi connectivity index (χ4v) is 2.04. The summed E-state index contributed by atoms with van der Waals surface area (Å²) >= 11 is 0. The molecule has 1 N–H and O–H groups in total. The smallest absolute Gasteiger partial charge is 0.374 e. The lowest BCUT2D eigenvalue weighted by Crippen LogP contribution is -2.40. The van der Waals surface area contributed by atoms with Crippen LogP contribution in [0.15, 0.2) is 22.8 Å². The number of hydrogen-bond donors (Lipinski definition) is 1. The van der Waals surface area contributed by atoms with Gasteiger partial charge in [-0.25, -0.2) is 4.79 Å². The summed E-state index contributed by atoms with van der Waals surface area (Å²) in [7, 11) is 0. The first-order chi connectivity index (χ1) is 9.70. The van der Waals surface area contributed by atoms with Crippen molar-refractivity contribution in [1.29, 1.82) is 0 Å². The van der Waals surface area contributed by atoms with E-state index < -0.39 is 12.1 Å². The molecule has 2 rings (SSSR count). The molecule has 1 aliphatic rings. The molecule has 0 aromatic carbocycles. The van der Waals surface area contributed by atoms with Crippen LogP contribution in [0.2, 0.25) is 0 Å². The molecule has 6 nitrogen and oxygen atoms in total. The minimum absolute atomic E-state index is 0.0669. The van der Waals surface area contributed by atoms with Gasteiger partial charge < -0.3 is 19.2 Å². The molecule has 0 radical (unpaired) electrons. The van der Waals surface area contributed by atoms with Crippen molar-refractivity contribution in [2.24, 2.45) is 0 Å². The lowest BCUT2D eigenvalue weighted by Gasteiger charge is -2.17. The van der Waals surface area contributed by atoms with Crippen molar-refractivity contribution < 1.29 is 23.5 Å². The van der Waals surface area contributed by atoms with Crippen LogP contribution in [-0.4, -0.2) is 37.2 Å². The Bertz CT molecular complexity index is 436. The summed E-state index contributed by atoms with van der Waals surface area (Å²) in [6, 6.07) is 3.09. The molecule has 0 spiro atoms. The van der Waals surface area contributed by atoms with E-state index in [0.29, 0.717) is 13.0 Å². The number of esters is 1. The third kappa shape index (κ3) is 3.84. The van der Waals surface area contributed by atoms with Crippen molar-refractivity contribution in [2.75, 3.05) is 13.2 Å². The Morgan fingerprint density at radius 1 is 1.55 bits per heavy atom. The number of amides is 1. The molecule has 1 aromatic heterocycles. The monoisotopic (exact) mass is 281 g/mol. The largest absolute Gasteiger partial charge is 0.457 e. The van der Waals surface area contributed by atoms with Gasteiger partial charge in [0.05, 0.1) is 12.4 Å². The molecule has 1 amide bonds. The third-order valence-corrected chi connectivity index (χ3v) is 3.16. The Balaban J connectivity index is 1.80. The summed E-state index contributed by atoms with van der Waals surface area (Å²) in [6.07, 6.45) is 3.01. The number of nitrogens with one attached hydrogen (secondary N) is 1. The lowest BCUT2D eigenvalue weighted by molar-refractivity contribution is -0.130. The van der Waals surface area contributed by atoms with E-state index in [-0.39, 0.29) is 17.8 Å². The van der Waals surface area contributed by atoms with Gasteiger partial charge in [0, 0.05) is 13.2 Å². The minimum Gasteiger partial charge on any atom is -0.457 e. The predicted octanol–water partition coefficient (Wildman–Crippen LogP) is 1.51. The summed E-state index contributed by atoms with van der Waals surface area (Å²) in [5.41, 5.74) is 0. The van der Waals surface area contributed by atoms with Crippen LogP contribution in [0, 0.1) is 0 Å². The number of carbonyl (C=O) groups excluding carboxylic acids is 2. The van der Waals surface area contributed by atoms with Crippen molar-refractivity contribution in [3.05, 3.63) is 24.2 Å². The summed E-state index contributed by atoms with van der Waals surface area (Å²) in [6.45, 7) is 2.98. The topological polar surface area (TPSA) is 77.8 Å². The molecule has 0 saturated carbocycles. The molecule has 0 bridgehead atoms. The van der Waals surface area contributed by atoms with Crippen molar-refractivity contribution in [3.8, 4) is 0 Å². The molecule has 20 heavy (non-hydrogen) atoms. The SMILES string of the molecule is CC[C@@H](OC(=O)c1ccco1)C(=O)NC[C@@H]1CCCO1. The maximum absolute atomic E-state index is 12.0. The van der Waals surface area contributed by atoms with E-state index in [4.69, 9.17) is 13.9 Å². The number of rotatable bonds is 6. The fraction of sp³-hybridized carbons (Fsp3) is 0.571. The predicted molar refractivity (Wildman–Crippen MR) is 70.2 cm³/mol. The second-order valence-corrected chi connectivity index (χ2v) is 4.66. The van der Waals surface area contributed by atoms with Crippen LogP contribution in [-0.2, 0) is 14.3 Å². The Kier molecular flexibility index (Phi) is 5.17. The van der Waals surface area contributed by atoms with Crippen molar-refractivity contribution >= 4 is 11.9 Å². The van der Waals surface area contributed by atoms with E-state index >= 15 is 0 Å². The molecule has 2 atom stereocenters. The maximum atomic E-state index is 12.0. The van der Waals surface area contributed by atoms with Crippen LogP contribution in [0.3, 0.4) is 0 Å². The maximum Gasteiger partial charge on any atom is 0.374 e. The Hall–Kier alpha value is -1.82. The summed E-state index contributed by atoms with van der Waals surface area (Å²) < 4.78 is 15.5. The molecule has 2 heterocycles. The molecule has 1 aliphatic heterocycles. The van der Waals surface area contributed by atoms with E-state index in [1.54, 1.807) is 13.0 Å². The second kappa shape index (κ2) is 7.09. The fourth-order valence-electron chi connectivity index (χ4n) is 2.04. The first kappa shape index (κ1) is 14.6. The average molecular weight is 281 g/mol. The normalized spacial score (nSPS) is 19.6. The van der Waals surface area contributed by atoms with Crippen LogP contribution in [0.25, 0.3) is 0 Å². The van der Waals surface area contributed by atoms with Gasteiger partial charge in [-0.05, 0) is 31.4 Å². The van der Waals surface area contributed by atoms with Crippen molar-refractivity contribution in [3.63, 3.8) is 0 Å². The zero-order valence-electron chi connectivity index (χ0n) is 11.5. The highest BCUT2D eigenvalue weighted by atomic mass is 16.6. The third-order valence-electron chi connectivity index (χ3n) is 3.16. The van der Waals surface area contributed by atoms with Gasteiger partial charge >= 0.3 is 5.97 Å². The molecule has 6 heteroatoms. The molecule has 1 saturated heterocycles. The van der Waals surface area contributed by atoms with E-state index in [0.717, 1.165) is 19.4 Å². The van der Waals surface area contributed by atoms with Gasteiger partial charge in [-0.3, -0.25) is 4.79 Å². The molecule has 0 aliphatic carbocycles. The highest BCUT2D eigenvalue weighted by Crippen LogP contribution is 2.11. The molecule has 1 fully saturated rings. The zero-order chi connectivity index (χ0) is 14.4. The van der Waals surface area contributed by atoms with Crippen LogP contribution in [0.4, 0.5) is 0 Å². The first-order valence-corrected chi connectivity index (χ1v) is 6.84. The average Bonchev–Trinajstić information content (AvgIpc) is 3.13. The van der Waals surface area contributed by atoms with Gasteiger partial charge in [-0.1, -0.05) is 6.92 Å². The second-order valence-electron chi connectivity index (χ2n) is 4.66. The van der Waals surface area contributed by atoms with Gasteiger partial charge in [0.15, 0.2) is 6.10 Å². The number of furan rings is 1.